The Balaban J connectivity index is 2.77. The summed E-state index contributed by atoms with van der Waals surface area (Å²) in [6.07, 6.45) is 0. The Hall–Kier alpha value is -1.23. The lowest BCUT2D eigenvalue weighted by Crippen LogP contribution is -2.20. The van der Waals surface area contributed by atoms with Gasteiger partial charge in [0.1, 0.15) is 4.60 Å². The van der Waals surface area contributed by atoms with Gasteiger partial charge in [0.15, 0.2) is 0 Å². The van der Waals surface area contributed by atoms with Crippen LogP contribution in [-0.4, -0.2) is 16.8 Å². The van der Waals surface area contributed by atoms with Gasteiger partial charge in [-0.25, -0.2) is 4.98 Å². The van der Waals surface area contributed by atoms with Crippen molar-refractivity contribution in [3.05, 3.63) is 27.5 Å². The second kappa shape index (κ2) is 2.63. The number of amides is 2. The van der Waals surface area contributed by atoms with Crippen LogP contribution in [0.4, 0.5) is 0 Å². The lowest BCUT2D eigenvalue weighted by molar-refractivity contribution is 0.0879. The van der Waals surface area contributed by atoms with Crippen LogP contribution in [0.25, 0.3) is 0 Å². The molecule has 1 aromatic rings. The van der Waals surface area contributed by atoms with E-state index in [0.29, 0.717) is 21.4 Å². The van der Waals surface area contributed by atoms with Gasteiger partial charge >= 0.3 is 0 Å². The molecule has 0 radical (unpaired) electrons. The van der Waals surface area contributed by atoms with Gasteiger partial charge in [-0.15, -0.1) is 0 Å². The summed E-state index contributed by atoms with van der Waals surface area (Å²) in [5.74, 6) is -0.745. The molecule has 1 aromatic heterocycles. The molecular weight excluding hydrogens is 236 g/mol. The normalized spacial score (nSPS) is 14.3. The van der Waals surface area contributed by atoms with Gasteiger partial charge in [0.25, 0.3) is 11.8 Å². The number of carbonyl (C=O) groups is 2. The number of nitrogens with one attached hydrogen (secondary N) is 1. The SMILES string of the molecule is Cc1cc2c(c(Br)n1)C(=O)NC2=O. The summed E-state index contributed by atoms with van der Waals surface area (Å²) in [6.45, 7) is 1.76. The molecule has 0 unspecified atom stereocenters. The minimum atomic E-state index is -0.389. The van der Waals surface area contributed by atoms with E-state index in [2.05, 4.69) is 26.2 Å². The van der Waals surface area contributed by atoms with Crippen molar-refractivity contribution in [1.82, 2.24) is 10.3 Å². The second-order valence-electron chi connectivity index (χ2n) is 2.76. The first-order valence-corrected chi connectivity index (χ1v) is 4.41. The fraction of sp³-hybridized carbons (Fsp3) is 0.125. The number of aromatic nitrogens is 1. The van der Waals surface area contributed by atoms with Gasteiger partial charge in [-0.05, 0) is 28.9 Å². The van der Waals surface area contributed by atoms with E-state index in [4.69, 9.17) is 0 Å². The number of pyridine rings is 1. The minimum Gasteiger partial charge on any atom is -0.288 e. The molecule has 0 aliphatic carbocycles. The molecule has 0 saturated carbocycles. The average Bonchev–Trinajstić information content (AvgIpc) is 2.27. The molecule has 0 spiro atoms. The smallest absolute Gasteiger partial charge is 0.261 e. The molecule has 66 valence electrons. The zero-order chi connectivity index (χ0) is 9.59. The van der Waals surface area contributed by atoms with Crippen molar-refractivity contribution >= 4 is 27.7 Å². The van der Waals surface area contributed by atoms with Gasteiger partial charge in [-0.3, -0.25) is 14.9 Å². The molecule has 1 aliphatic rings. The fourth-order valence-electron chi connectivity index (χ4n) is 1.26. The zero-order valence-corrected chi connectivity index (χ0v) is 8.31. The van der Waals surface area contributed by atoms with E-state index in [1.54, 1.807) is 13.0 Å². The number of nitrogens with zero attached hydrogens (tertiary/aromatic N) is 1. The predicted molar refractivity (Wildman–Crippen MR) is 48.5 cm³/mol. The van der Waals surface area contributed by atoms with Crippen LogP contribution >= 0.6 is 15.9 Å². The molecular formula is C8H5BrN2O2. The molecule has 2 rings (SSSR count). The molecule has 2 amide bonds. The van der Waals surface area contributed by atoms with E-state index >= 15 is 0 Å². The van der Waals surface area contributed by atoms with E-state index in [9.17, 15) is 9.59 Å². The van der Waals surface area contributed by atoms with E-state index in [1.807, 2.05) is 0 Å². The third-order valence-electron chi connectivity index (χ3n) is 1.80. The maximum absolute atomic E-state index is 11.2. The van der Waals surface area contributed by atoms with Crippen LogP contribution in [0, 0.1) is 6.92 Å². The van der Waals surface area contributed by atoms with Gasteiger partial charge in [0, 0.05) is 5.69 Å². The summed E-state index contributed by atoms with van der Waals surface area (Å²) in [5.41, 5.74) is 1.43. The number of carbonyl (C=O) groups excluding carboxylic acids is 2. The van der Waals surface area contributed by atoms with Crippen molar-refractivity contribution < 1.29 is 9.59 Å². The molecule has 13 heavy (non-hydrogen) atoms. The molecule has 2 heterocycles. The number of hydrogen-bond donors (Lipinski definition) is 1. The Morgan fingerprint density at radius 2 is 2.08 bits per heavy atom. The molecule has 0 saturated heterocycles. The van der Waals surface area contributed by atoms with Crippen LogP contribution < -0.4 is 5.32 Å². The second-order valence-corrected chi connectivity index (χ2v) is 3.51. The summed E-state index contributed by atoms with van der Waals surface area (Å²) in [4.78, 5) is 26.4. The fourth-order valence-corrected chi connectivity index (χ4v) is 1.94. The maximum Gasteiger partial charge on any atom is 0.261 e. The number of aryl methyl sites for hydroxylation is 1. The van der Waals surface area contributed by atoms with Gasteiger partial charge in [0.05, 0.1) is 11.1 Å². The highest BCUT2D eigenvalue weighted by atomic mass is 79.9. The zero-order valence-electron chi connectivity index (χ0n) is 6.72. The van der Waals surface area contributed by atoms with Gasteiger partial charge in [-0.1, -0.05) is 0 Å². The van der Waals surface area contributed by atoms with Crippen molar-refractivity contribution in [2.75, 3.05) is 0 Å². The number of hydrogen-bond acceptors (Lipinski definition) is 3. The van der Waals surface area contributed by atoms with Gasteiger partial charge in [0.2, 0.25) is 0 Å². The summed E-state index contributed by atoms with van der Waals surface area (Å²) in [7, 11) is 0. The van der Waals surface area contributed by atoms with Crippen LogP contribution in [0.1, 0.15) is 26.4 Å². The molecule has 5 heteroatoms. The highest BCUT2D eigenvalue weighted by Crippen LogP contribution is 2.23. The third kappa shape index (κ3) is 1.16. The van der Waals surface area contributed by atoms with Crippen LogP contribution in [0.2, 0.25) is 0 Å². The number of halogens is 1. The largest absolute Gasteiger partial charge is 0.288 e. The van der Waals surface area contributed by atoms with Crippen LogP contribution in [-0.2, 0) is 0 Å². The monoisotopic (exact) mass is 240 g/mol. The van der Waals surface area contributed by atoms with Crippen molar-refractivity contribution in [3.63, 3.8) is 0 Å². The van der Waals surface area contributed by atoms with Gasteiger partial charge < -0.3 is 0 Å². The highest BCUT2D eigenvalue weighted by Gasteiger charge is 2.29. The predicted octanol–water partition coefficient (Wildman–Crippen LogP) is 1.04. The van der Waals surface area contributed by atoms with Gasteiger partial charge in [-0.2, -0.15) is 0 Å². The van der Waals surface area contributed by atoms with Crippen LogP contribution in [0.5, 0.6) is 0 Å². The molecule has 0 aromatic carbocycles. The summed E-state index contributed by atoms with van der Waals surface area (Å²) < 4.78 is 0.422. The number of fused-ring (bicyclic) bond motifs is 1. The molecule has 0 bridgehead atoms. The first-order valence-electron chi connectivity index (χ1n) is 3.62. The third-order valence-corrected chi connectivity index (χ3v) is 2.38. The Morgan fingerprint density at radius 1 is 1.38 bits per heavy atom. The topological polar surface area (TPSA) is 59.1 Å². The molecule has 1 N–H and O–H groups in total. The molecule has 4 nitrogen and oxygen atoms in total. The van der Waals surface area contributed by atoms with Crippen molar-refractivity contribution in [2.24, 2.45) is 0 Å². The quantitative estimate of drug-likeness (QED) is 0.545. The van der Waals surface area contributed by atoms with Crippen LogP contribution in [0.3, 0.4) is 0 Å². The first kappa shape index (κ1) is 8.37. The number of rotatable bonds is 0. The Morgan fingerprint density at radius 3 is 2.77 bits per heavy atom. The van der Waals surface area contributed by atoms with E-state index < -0.39 is 0 Å². The van der Waals surface area contributed by atoms with E-state index in [1.165, 1.54) is 0 Å². The standard InChI is InChI=1S/C8H5BrN2O2/c1-3-2-4-5(6(9)10-3)8(13)11-7(4)12/h2H,1H3,(H,11,12,13). The lowest BCUT2D eigenvalue weighted by Gasteiger charge is -1.98. The Bertz CT molecular complexity index is 428. The number of imide groups is 1. The summed E-state index contributed by atoms with van der Waals surface area (Å²) >= 11 is 3.14. The molecule has 0 atom stereocenters. The Labute approximate surface area is 82.5 Å². The molecule has 1 aliphatic heterocycles. The van der Waals surface area contributed by atoms with E-state index in [-0.39, 0.29) is 11.8 Å². The lowest BCUT2D eigenvalue weighted by atomic mass is 10.1. The highest BCUT2D eigenvalue weighted by molar-refractivity contribution is 9.10. The van der Waals surface area contributed by atoms with Crippen molar-refractivity contribution in [3.8, 4) is 0 Å². The summed E-state index contributed by atoms with van der Waals surface area (Å²) in [5, 5.41) is 2.20. The minimum absolute atomic E-state index is 0.329. The van der Waals surface area contributed by atoms with Crippen molar-refractivity contribution in [1.29, 1.82) is 0 Å². The molecule has 0 fully saturated rings. The maximum atomic E-state index is 11.2. The van der Waals surface area contributed by atoms with Crippen LogP contribution in [0.15, 0.2) is 10.7 Å². The summed E-state index contributed by atoms with van der Waals surface area (Å²) in [6, 6.07) is 1.60. The average molecular weight is 241 g/mol. The Kier molecular flexibility index (Phi) is 1.69. The van der Waals surface area contributed by atoms with Crippen molar-refractivity contribution in [2.45, 2.75) is 6.92 Å². The van der Waals surface area contributed by atoms with E-state index in [0.717, 1.165) is 0 Å². The first-order chi connectivity index (χ1) is 6.09.